The normalized spacial score (nSPS) is 36.1. The van der Waals surface area contributed by atoms with Gasteiger partial charge in [0.15, 0.2) is 0 Å². The van der Waals surface area contributed by atoms with Gasteiger partial charge in [-0.3, -0.25) is 9.59 Å². The zero-order valence-electron chi connectivity index (χ0n) is 14.1. The van der Waals surface area contributed by atoms with Gasteiger partial charge >= 0.3 is 5.97 Å². The van der Waals surface area contributed by atoms with E-state index in [1.165, 1.54) is 13.5 Å². The Morgan fingerprint density at radius 1 is 1.19 bits per heavy atom. The molecule has 6 atom stereocenters. The Bertz CT molecular complexity index is 432. The quantitative estimate of drug-likeness (QED) is 0.811. The molecule has 4 heteroatoms. The highest BCUT2D eigenvalue weighted by Crippen LogP contribution is 2.61. The molecular weight excluding hydrogens is 266 g/mol. The molecule has 21 heavy (non-hydrogen) atoms. The van der Waals surface area contributed by atoms with Crippen molar-refractivity contribution in [2.75, 3.05) is 7.11 Å². The standard InChI is InChI=1S/C17H29NO3/c1-9(10(2)16(20)21-6)15(19)18-14-8-12-7-13(11(14)3)17(12,4)5/h9-14H,7-8H2,1-6H3,(H,18,19)/t9?,10?,11?,12?,13-,14-/m1/s1. The van der Waals surface area contributed by atoms with E-state index in [0.717, 1.165) is 12.3 Å². The number of carbonyl (C=O) groups excluding carboxylic acids is 2. The van der Waals surface area contributed by atoms with Crippen LogP contribution in [0.4, 0.5) is 0 Å². The highest BCUT2D eigenvalue weighted by Gasteiger charge is 2.56. The number of esters is 1. The molecule has 4 unspecified atom stereocenters. The largest absolute Gasteiger partial charge is 0.469 e. The molecule has 0 aliphatic heterocycles. The van der Waals surface area contributed by atoms with E-state index >= 15 is 0 Å². The molecule has 0 radical (unpaired) electrons. The van der Waals surface area contributed by atoms with Crippen LogP contribution in [0.1, 0.15) is 47.5 Å². The predicted octanol–water partition coefficient (Wildman–Crippen LogP) is 2.62. The van der Waals surface area contributed by atoms with E-state index in [4.69, 9.17) is 4.74 Å². The lowest BCUT2D eigenvalue weighted by Gasteiger charge is -2.62. The fourth-order valence-electron chi connectivity index (χ4n) is 4.27. The summed E-state index contributed by atoms with van der Waals surface area (Å²) in [6.45, 7) is 10.5. The lowest BCUT2D eigenvalue weighted by atomic mass is 9.45. The molecule has 3 aliphatic carbocycles. The maximum absolute atomic E-state index is 12.4. The number of methoxy groups -OCH3 is 1. The summed E-state index contributed by atoms with van der Waals surface area (Å²) in [5.41, 5.74) is 0.422. The summed E-state index contributed by atoms with van der Waals surface area (Å²) in [4.78, 5) is 23.9. The smallest absolute Gasteiger partial charge is 0.309 e. The highest BCUT2D eigenvalue weighted by molar-refractivity contribution is 5.85. The second-order valence-electron chi connectivity index (χ2n) is 7.67. The summed E-state index contributed by atoms with van der Waals surface area (Å²) >= 11 is 0. The Morgan fingerprint density at radius 3 is 2.29 bits per heavy atom. The first-order valence-corrected chi connectivity index (χ1v) is 8.08. The minimum atomic E-state index is -0.403. The van der Waals surface area contributed by atoms with Gasteiger partial charge in [0.05, 0.1) is 13.0 Å². The molecule has 0 saturated heterocycles. The molecule has 0 aromatic carbocycles. The number of nitrogens with one attached hydrogen (secondary N) is 1. The molecular formula is C17H29NO3. The van der Waals surface area contributed by atoms with Crippen LogP contribution in [0.3, 0.4) is 0 Å². The molecule has 1 amide bonds. The summed E-state index contributed by atoms with van der Waals surface area (Å²) in [6.07, 6.45) is 2.37. The monoisotopic (exact) mass is 295 g/mol. The zero-order valence-corrected chi connectivity index (χ0v) is 14.1. The molecule has 4 nitrogen and oxygen atoms in total. The Balaban J connectivity index is 1.94. The molecule has 0 heterocycles. The fraction of sp³-hybridized carbons (Fsp3) is 0.882. The van der Waals surface area contributed by atoms with Gasteiger partial charge in [0.25, 0.3) is 0 Å². The van der Waals surface area contributed by atoms with Crippen molar-refractivity contribution in [1.82, 2.24) is 5.32 Å². The van der Waals surface area contributed by atoms with Gasteiger partial charge in [-0.1, -0.05) is 34.6 Å². The summed E-state index contributed by atoms with van der Waals surface area (Å²) in [5.74, 6) is 0.833. The van der Waals surface area contributed by atoms with Crippen LogP contribution in [-0.2, 0) is 14.3 Å². The number of hydrogen-bond donors (Lipinski definition) is 1. The third kappa shape index (κ3) is 2.69. The van der Waals surface area contributed by atoms with Crippen LogP contribution < -0.4 is 5.32 Å². The van der Waals surface area contributed by atoms with Gasteiger partial charge < -0.3 is 10.1 Å². The van der Waals surface area contributed by atoms with Crippen molar-refractivity contribution in [3.8, 4) is 0 Å². The Kier molecular flexibility index (Phi) is 4.36. The maximum atomic E-state index is 12.4. The van der Waals surface area contributed by atoms with E-state index in [1.807, 2.05) is 0 Å². The number of amides is 1. The predicted molar refractivity (Wildman–Crippen MR) is 81.4 cm³/mol. The number of fused-ring (bicyclic) bond motifs is 2. The second kappa shape index (κ2) is 5.62. The summed E-state index contributed by atoms with van der Waals surface area (Å²) in [7, 11) is 1.36. The van der Waals surface area contributed by atoms with Crippen LogP contribution in [-0.4, -0.2) is 25.0 Å². The van der Waals surface area contributed by atoms with Crippen molar-refractivity contribution < 1.29 is 14.3 Å². The van der Waals surface area contributed by atoms with Crippen LogP contribution in [0.2, 0.25) is 0 Å². The van der Waals surface area contributed by atoms with Gasteiger partial charge in [-0.2, -0.15) is 0 Å². The summed E-state index contributed by atoms with van der Waals surface area (Å²) < 4.78 is 4.73. The van der Waals surface area contributed by atoms with Gasteiger partial charge in [0.1, 0.15) is 0 Å². The van der Waals surface area contributed by atoms with Crippen molar-refractivity contribution >= 4 is 11.9 Å². The van der Waals surface area contributed by atoms with Crippen molar-refractivity contribution in [3.63, 3.8) is 0 Å². The molecule has 0 spiro atoms. The third-order valence-corrected chi connectivity index (χ3v) is 6.42. The van der Waals surface area contributed by atoms with Crippen LogP contribution in [0.25, 0.3) is 0 Å². The number of rotatable bonds is 4. The van der Waals surface area contributed by atoms with Gasteiger partial charge in [-0.15, -0.1) is 0 Å². The maximum Gasteiger partial charge on any atom is 0.309 e. The first-order valence-electron chi connectivity index (χ1n) is 8.08. The number of hydrogen-bond acceptors (Lipinski definition) is 3. The summed E-state index contributed by atoms with van der Waals surface area (Å²) in [5, 5.41) is 3.18. The minimum Gasteiger partial charge on any atom is -0.469 e. The van der Waals surface area contributed by atoms with Gasteiger partial charge in [-0.05, 0) is 36.0 Å². The number of ether oxygens (including phenoxy) is 1. The van der Waals surface area contributed by atoms with E-state index in [9.17, 15) is 9.59 Å². The van der Waals surface area contributed by atoms with Crippen molar-refractivity contribution in [2.24, 2.45) is 35.0 Å². The second-order valence-corrected chi connectivity index (χ2v) is 7.67. The molecule has 3 fully saturated rings. The fourth-order valence-corrected chi connectivity index (χ4v) is 4.27. The topological polar surface area (TPSA) is 55.4 Å². The lowest BCUT2D eigenvalue weighted by Crippen LogP contribution is -2.61. The first kappa shape index (κ1) is 16.3. The summed E-state index contributed by atoms with van der Waals surface area (Å²) in [6, 6.07) is 0.251. The lowest BCUT2D eigenvalue weighted by molar-refractivity contribution is -0.150. The van der Waals surface area contributed by atoms with Gasteiger partial charge in [0.2, 0.25) is 5.91 Å². The molecule has 0 aromatic rings. The Labute approximate surface area is 128 Å². The average molecular weight is 295 g/mol. The molecule has 3 aliphatic rings. The molecule has 1 N–H and O–H groups in total. The van der Waals surface area contributed by atoms with E-state index in [1.54, 1.807) is 13.8 Å². The SMILES string of the molecule is COC(=O)C(C)C(C)C(=O)N[C@@H]1CC2C[C@H](C1C)C2(C)C. The van der Waals surface area contributed by atoms with Gasteiger partial charge in [0, 0.05) is 12.0 Å². The van der Waals surface area contributed by atoms with Crippen LogP contribution in [0.15, 0.2) is 0 Å². The third-order valence-electron chi connectivity index (χ3n) is 6.42. The highest BCUT2D eigenvalue weighted by atomic mass is 16.5. The van der Waals surface area contributed by atoms with Crippen LogP contribution in [0.5, 0.6) is 0 Å². The first-order chi connectivity index (χ1) is 9.70. The van der Waals surface area contributed by atoms with Crippen molar-refractivity contribution in [1.29, 1.82) is 0 Å². The molecule has 3 rings (SSSR count). The Morgan fingerprint density at radius 2 is 1.81 bits per heavy atom. The molecule has 3 saturated carbocycles. The molecule has 120 valence electrons. The average Bonchev–Trinajstić information content (AvgIpc) is 2.45. The Hall–Kier alpha value is -1.06. The van der Waals surface area contributed by atoms with Crippen molar-refractivity contribution in [3.05, 3.63) is 0 Å². The van der Waals surface area contributed by atoms with E-state index in [-0.39, 0.29) is 23.8 Å². The van der Waals surface area contributed by atoms with E-state index < -0.39 is 5.92 Å². The zero-order chi connectivity index (χ0) is 15.9. The minimum absolute atomic E-state index is 0.0242. The van der Waals surface area contributed by atoms with E-state index in [2.05, 4.69) is 26.1 Å². The van der Waals surface area contributed by atoms with Crippen LogP contribution in [0, 0.1) is 35.0 Å². The molecule has 2 bridgehead atoms. The van der Waals surface area contributed by atoms with Crippen molar-refractivity contribution in [2.45, 2.75) is 53.5 Å². The van der Waals surface area contributed by atoms with Crippen LogP contribution >= 0.6 is 0 Å². The molecule has 0 aromatic heterocycles. The number of carbonyl (C=O) groups is 2. The van der Waals surface area contributed by atoms with E-state index in [0.29, 0.717) is 17.3 Å². The van der Waals surface area contributed by atoms with Gasteiger partial charge in [-0.25, -0.2) is 0 Å².